The second-order valence-electron chi connectivity index (χ2n) is 4.80. The van der Waals surface area contributed by atoms with Crippen LogP contribution in [0.4, 0.5) is 0 Å². The minimum Gasteiger partial charge on any atom is -0.316 e. The number of pyridine rings is 1. The van der Waals surface area contributed by atoms with Crippen molar-refractivity contribution in [1.82, 2.24) is 19.9 Å². The summed E-state index contributed by atoms with van der Waals surface area (Å²) in [5, 5.41) is 3.15. The Balaban J connectivity index is 1.99. The molecule has 1 N–H and O–H groups in total. The average molecular weight is 242 g/mol. The van der Waals surface area contributed by atoms with Crippen LogP contribution < -0.4 is 5.32 Å². The number of hydrogen-bond acceptors (Lipinski definition) is 3. The van der Waals surface area contributed by atoms with Gasteiger partial charge in [-0.25, -0.2) is 4.98 Å². The summed E-state index contributed by atoms with van der Waals surface area (Å²) in [6.07, 6.45) is 10.5. The molecule has 1 aliphatic carbocycles. The van der Waals surface area contributed by atoms with E-state index >= 15 is 0 Å². The van der Waals surface area contributed by atoms with E-state index in [-0.39, 0.29) is 0 Å². The van der Waals surface area contributed by atoms with Gasteiger partial charge in [0.2, 0.25) is 0 Å². The molecule has 4 heteroatoms. The maximum atomic E-state index is 4.53. The Morgan fingerprint density at radius 2 is 2.17 bits per heavy atom. The fourth-order valence-corrected chi connectivity index (χ4v) is 2.60. The minimum absolute atomic E-state index is 0.845. The van der Waals surface area contributed by atoms with E-state index in [0.717, 1.165) is 25.1 Å². The van der Waals surface area contributed by atoms with Gasteiger partial charge in [0.25, 0.3) is 0 Å². The largest absolute Gasteiger partial charge is 0.316 e. The van der Waals surface area contributed by atoms with E-state index in [1.165, 1.54) is 29.8 Å². The van der Waals surface area contributed by atoms with Gasteiger partial charge in [0.15, 0.2) is 0 Å². The van der Waals surface area contributed by atoms with Crippen molar-refractivity contribution in [2.24, 2.45) is 0 Å². The molecule has 3 rings (SSSR count). The predicted molar refractivity (Wildman–Crippen MR) is 70.8 cm³/mol. The zero-order chi connectivity index (χ0) is 12.4. The number of imidazole rings is 1. The first-order chi connectivity index (χ1) is 8.88. The molecule has 2 aromatic heterocycles. The number of aryl methyl sites for hydroxylation is 1. The molecule has 2 aromatic rings. The van der Waals surface area contributed by atoms with Crippen LogP contribution in [-0.2, 0) is 19.4 Å². The van der Waals surface area contributed by atoms with Crippen LogP contribution >= 0.6 is 0 Å². The van der Waals surface area contributed by atoms with Crippen LogP contribution in [0.1, 0.15) is 29.8 Å². The average Bonchev–Trinajstić information content (AvgIpc) is 2.83. The summed E-state index contributed by atoms with van der Waals surface area (Å²) in [4.78, 5) is 8.85. The molecule has 0 aliphatic heterocycles. The van der Waals surface area contributed by atoms with Crippen LogP contribution in [0.5, 0.6) is 0 Å². The van der Waals surface area contributed by atoms with Gasteiger partial charge in [-0.3, -0.25) is 4.98 Å². The molecular weight excluding hydrogens is 224 g/mol. The van der Waals surface area contributed by atoms with Gasteiger partial charge in [-0.05, 0) is 44.4 Å². The van der Waals surface area contributed by atoms with Crippen LogP contribution in [0, 0.1) is 0 Å². The van der Waals surface area contributed by atoms with Crippen LogP contribution in [0.3, 0.4) is 0 Å². The number of nitrogens with one attached hydrogen (secondary N) is 1. The number of hydrogen-bond donors (Lipinski definition) is 1. The van der Waals surface area contributed by atoms with Crippen molar-refractivity contribution in [3.63, 3.8) is 0 Å². The summed E-state index contributed by atoms with van der Waals surface area (Å²) in [7, 11) is 1.95. The summed E-state index contributed by atoms with van der Waals surface area (Å²) in [6.45, 7) is 0.845. The topological polar surface area (TPSA) is 42.7 Å². The van der Waals surface area contributed by atoms with Crippen LogP contribution in [0.2, 0.25) is 0 Å². The Bertz CT molecular complexity index is 544. The van der Waals surface area contributed by atoms with Gasteiger partial charge in [-0.2, -0.15) is 0 Å². The highest BCUT2D eigenvalue weighted by molar-refractivity contribution is 5.36. The summed E-state index contributed by atoms with van der Waals surface area (Å²) < 4.78 is 2.20. The fourth-order valence-electron chi connectivity index (χ4n) is 2.60. The van der Waals surface area contributed by atoms with Crippen molar-refractivity contribution in [2.75, 3.05) is 7.05 Å². The molecule has 0 atom stereocenters. The van der Waals surface area contributed by atoms with Crippen LogP contribution in [-0.4, -0.2) is 21.6 Å². The van der Waals surface area contributed by atoms with E-state index in [0.29, 0.717) is 0 Å². The lowest BCUT2D eigenvalue weighted by molar-refractivity contribution is 0.655. The van der Waals surface area contributed by atoms with Crippen LogP contribution in [0.15, 0.2) is 24.8 Å². The smallest absolute Gasteiger partial charge is 0.0998 e. The third kappa shape index (κ3) is 2.04. The van der Waals surface area contributed by atoms with E-state index < -0.39 is 0 Å². The summed E-state index contributed by atoms with van der Waals surface area (Å²) in [5.41, 5.74) is 4.96. The minimum atomic E-state index is 0.845. The Hall–Kier alpha value is -1.68. The van der Waals surface area contributed by atoms with Gasteiger partial charge in [0, 0.05) is 18.4 Å². The zero-order valence-electron chi connectivity index (χ0n) is 10.7. The summed E-state index contributed by atoms with van der Waals surface area (Å²) in [6, 6.07) is 2.18. The lowest BCUT2D eigenvalue weighted by Crippen LogP contribution is -2.09. The van der Waals surface area contributed by atoms with Crippen molar-refractivity contribution in [3.05, 3.63) is 41.7 Å². The van der Waals surface area contributed by atoms with Crippen molar-refractivity contribution >= 4 is 0 Å². The molecule has 0 saturated heterocycles. The first kappa shape index (κ1) is 11.4. The Labute approximate surface area is 107 Å². The van der Waals surface area contributed by atoms with E-state index in [2.05, 4.69) is 25.9 Å². The van der Waals surface area contributed by atoms with Crippen molar-refractivity contribution < 1.29 is 0 Å². The SMILES string of the molecule is CNCc1cncc(-n2cnc3c2CCCC3)c1. The van der Waals surface area contributed by atoms with Crippen molar-refractivity contribution in [1.29, 1.82) is 0 Å². The molecule has 0 radical (unpaired) electrons. The van der Waals surface area contributed by atoms with Crippen LogP contribution in [0.25, 0.3) is 5.69 Å². The first-order valence-electron chi connectivity index (χ1n) is 6.52. The van der Waals surface area contributed by atoms with Gasteiger partial charge in [-0.15, -0.1) is 0 Å². The fraction of sp³-hybridized carbons (Fsp3) is 0.429. The number of rotatable bonds is 3. The molecular formula is C14H18N4. The van der Waals surface area contributed by atoms with Crippen molar-refractivity contribution in [3.8, 4) is 5.69 Å². The molecule has 94 valence electrons. The molecule has 18 heavy (non-hydrogen) atoms. The predicted octanol–water partition coefficient (Wildman–Crippen LogP) is 1.87. The lowest BCUT2D eigenvalue weighted by Gasteiger charge is -2.14. The maximum Gasteiger partial charge on any atom is 0.0998 e. The van der Waals surface area contributed by atoms with Crippen molar-refractivity contribution in [2.45, 2.75) is 32.2 Å². The Morgan fingerprint density at radius 3 is 3.06 bits per heavy atom. The monoisotopic (exact) mass is 242 g/mol. The van der Waals surface area contributed by atoms with Gasteiger partial charge in [0.05, 0.1) is 23.9 Å². The molecule has 0 fully saturated rings. The Morgan fingerprint density at radius 1 is 1.28 bits per heavy atom. The van der Waals surface area contributed by atoms with Gasteiger partial charge in [-0.1, -0.05) is 0 Å². The molecule has 0 spiro atoms. The molecule has 4 nitrogen and oxygen atoms in total. The number of aromatic nitrogens is 3. The van der Waals surface area contributed by atoms with E-state index in [9.17, 15) is 0 Å². The normalized spacial score (nSPS) is 14.5. The van der Waals surface area contributed by atoms with E-state index in [1.807, 2.05) is 25.8 Å². The number of nitrogens with zero attached hydrogens (tertiary/aromatic N) is 3. The molecule has 0 saturated carbocycles. The molecule has 0 bridgehead atoms. The number of fused-ring (bicyclic) bond motifs is 1. The first-order valence-corrected chi connectivity index (χ1v) is 6.52. The Kier molecular flexibility index (Phi) is 3.11. The second-order valence-corrected chi connectivity index (χ2v) is 4.80. The lowest BCUT2D eigenvalue weighted by atomic mass is 10.0. The standard InChI is InChI=1S/C14H18N4/c1-15-7-11-6-12(9-16-8-11)18-10-17-13-4-2-3-5-14(13)18/h6,8-10,15H,2-5,7H2,1H3. The van der Waals surface area contributed by atoms with E-state index in [4.69, 9.17) is 0 Å². The van der Waals surface area contributed by atoms with Gasteiger partial charge < -0.3 is 9.88 Å². The molecule has 0 aromatic carbocycles. The highest BCUT2D eigenvalue weighted by atomic mass is 15.1. The third-order valence-electron chi connectivity index (χ3n) is 3.47. The summed E-state index contributed by atoms with van der Waals surface area (Å²) in [5.74, 6) is 0. The van der Waals surface area contributed by atoms with Gasteiger partial charge in [0.1, 0.15) is 0 Å². The quantitative estimate of drug-likeness (QED) is 0.893. The van der Waals surface area contributed by atoms with Gasteiger partial charge >= 0.3 is 0 Å². The molecule has 0 unspecified atom stereocenters. The third-order valence-corrected chi connectivity index (χ3v) is 3.47. The second kappa shape index (κ2) is 4.90. The highest BCUT2D eigenvalue weighted by Gasteiger charge is 2.16. The summed E-state index contributed by atoms with van der Waals surface area (Å²) >= 11 is 0. The molecule has 2 heterocycles. The highest BCUT2D eigenvalue weighted by Crippen LogP contribution is 2.23. The zero-order valence-corrected chi connectivity index (χ0v) is 10.7. The maximum absolute atomic E-state index is 4.53. The molecule has 1 aliphatic rings. The molecule has 0 amide bonds. The van der Waals surface area contributed by atoms with E-state index in [1.54, 1.807) is 0 Å².